The summed E-state index contributed by atoms with van der Waals surface area (Å²) in [6, 6.07) is 8.52. The van der Waals surface area contributed by atoms with Gasteiger partial charge in [0.25, 0.3) is 0 Å². The molecule has 0 aliphatic carbocycles. The Morgan fingerprint density at radius 1 is 1.43 bits per heavy atom. The Hall–Kier alpha value is -1.88. The van der Waals surface area contributed by atoms with E-state index in [-0.39, 0.29) is 6.04 Å². The average molecular weight is 286 g/mol. The Kier molecular flexibility index (Phi) is 4.20. The molecular formula is C16H22N4O. The number of nitrogens with one attached hydrogen (secondary N) is 1. The van der Waals surface area contributed by atoms with E-state index in [0.717, 1.165) is 37.4 Å². The molecule has 2 aromatic rings. The summed E-state index contributed by atoms with van der Waals surface area (Å²) in [5, 5.41) is 11.7. The van der Waals surface area contributed by atoms with Crippen LogP contribution in [-0.2, 0) is 13.5 Å². The van der Waals surface area contributed by atoms with E-state index >= 15 is 0 Å². The van der Waals surface area contributed by atoms with Crippen molar-refractivity contribution in [3.05, 3.63) is 41.7 Å². The maximum Gasteiger partial charge on any atom is 0.122 e. The molecule has 2 atom stereocenters. The number of aromatic nitrogens is 3. The van der Waals surface area contributed by atoms with Gasteiger partial charge in [0.2, 0.25) is 0 Å². The Bertz CT molecular complexity index is 595. The van der Waals surface area contributed by atoms with Crippen LogP contribution in [0.25, 0.3) is 0 Å². The summed E-state index contributed by atoms with van der Waals surface area (Å²) in [6.07, 6.45) is 3.97. The van der Waals surface area contributed by atoms with Crippen molar-refractivity contribution >= 4 is 0 Å². The molecule has 5 nitrogen and oxygen atoms in total. The predicted octanol–water partition coefficient (Wildman–Crippen LogP) is 2.11. The molecule has 2 heterocycles. The molecule has 112 valence electrons. The molecule has 21 heavy (non-hydrogen) atoms. The van der Waals surface area contributed by atoms with Gasteiger partial charge in [-0.25, -0.2) is 0 Å². The Morgan fingerprint density at radius 3 is 3.05 bits per heavy atom. The Labute approximate surface area is 125 Å². The maximum atomic E-state index is 5.94. The fourth-order valence-corrected chi connectivity index (χ4v) is 2.96. The zero-order valence-corrected chi connectivity index (χ0v) is 12.6. The molecule has 1 N–H and O–H groups in total. The van der Waals surface area contributed by atoms with Crippen LogP contribution in [0.1, 0.15) is 30.6 Å². The van der Waals surface area contributed by atoms with Crippen LogP contribution in [0.5, 0.6) is 5.75 Å². The van der Waals surface area contributed by atoms with Crippen molar-refractivity contribution in [2.75, 3.05) is 13.2 Å². The Balaban J connectivity index is 1.83. The topological polar surface area (TPSA) is 52.0 Å². The highest BCUT2D eigenvalue weighted by atomic mass is 16.5. The summed E-state index contributed by atoms with van der Waals surface area (Å²) in [5.41, 5.74) is 2.41. The summed E-state index contributed by atoms with van der Waals surface area (Å²) < 4.78 is 7.80. The molecule has 5 heteroatoms. The van der Waals surface area contributed by atoms with Crippen LogP contribution in [0.2, 0.25) is 0 Å². The number of nitrogens with zero attached hydrogens (tertiary/aromatic N) is 3. The van der Waals surface area contributed by atoms with Crippen molar-refractivity contribution in [3.63, 3.8) is 0 Å². The molecule has 0 saturated heterocycles. The number of benzene rings is 1. The van der Waals surface area contributed by atoms with Gasteiger partial charge in [-0.3, -0.25) is 4.68 Å². The van der Waals surface area contributed by atoms with Gasteiger partial charge in [0.05, 0.1) is 24.5 Å². The highest BCUT2D eigenvalue weighted by Crippen LogP contribution is 2.33. The maximum absolute atomic E-state index is 5.94. The first-order chi connectivity index (χ1) is 10.3. The molecule has 0 saturated carbocycles. The highest BCUT2D eigenvalue weighted by Gasteiger charge is 2.30. The minimum atomic E-state index is 0.221. The average Bonchev–Trinajstić information content (AvgIpc) is 2.94. The standard InChI is InChI=1S/C16H22N4O/c1-3-8-17-16(14-10-18-19-20(14)2)13-9-12-6-4-5-7-15(12)21-11-13/h4-7,10,13,16-17H,3,8-9,11H2,1-2H3. The fraction of sp³-hybridized carbons (Fsp3) is 0.500. The zero-order chi connectivity index (χ0) is 14.7. The third-order valence-corrected chi connectivity index (χ3v) is 4.06. The van der Waals surface area contributed by atoms with Crippen molar-refractivity contribution in [2.24, 2.45) is 13.0 Å². The number of hydrogen-bond donors (Lipinski definition) is 1. The molecule has 1 aliphatic rings. The van der Waals surface area contributed by atoms with Crippen LogP contribution in [0.4, 0.5) is 0 Å². The second-order valence-electron chi connectivity index (χ2n) is 5.60. The second kappa shape index (κ2) is 6.26. The predicted molar refractivity (Wildman–Crippen MR) is 81.2 cm³/mol. The molecule has 0 fully saturated rings. The smallest absolute Gasteiger partial charge is 0.122 e. The minimum absolute atomic E-state index is 0.221. The van der Waals surface area contributed by atoms with Gasteiger partial charge in [-0.1, -0.05) is 30.3 Å². The van der Waals surface area contributed by atoms with Crippen LogP contribution in [0, 0.1) is 5.92 Å². The highest BCUT2D eigenvalue weighted by molar-refractivity contribution is 5.35. The lowest BCUT2D eigenvalue weighted by Crippen LogP contribution is -2.36. The van der Waals surface area contributed by atoms with E-state index in [1.165, 1.54) is 5.56 Å². The number of para-hydroxylation sites is 1. The van der Waals surface area contributed by atoms with Crippen LogP contribution in [-0.4, -0.2) is 28.1 Å². The first-order valence-corrected chi connectivity index (χ1v) is 7.58. The molecule has 0 amide bonds. The third-order valence-electron chi connectivity index (χ3n) is 4.06. The minimum Gasteiger partial charge on any atom is -0.493 e. The summed E-state index contributed by atoms with van der Waals surface area (Å²) in [5.74, 6) is 1.41. The summed E-state index contributed by atoms with van der Waals surface area (Å²) >= 11 is 0. The van der Waals surface area contributed by atoms with E-state index in [1.54, 1.807) is 0 Å². The quantitative estimate of drug-likeness (QED) is 0.914. The molecule has 1 aromatic carbocycles. The van der Waals surface area contributed by atoms with Gasteiger partial charge in [-0.05, 0) is 31.0 Å². The van der Waals surface area contributed by atoms with Gasteiger partial charge in [0.1, 0.15) is 5.75 Å². The van der Waals surface area contributed by atoms with Gasteiger partial charge in [0, 0.05) is 13.0 Å². The largest absolute Gasteiger partial charge is 0.493 e. The van der Waals surface area contributed by atoms with E-state index in [4.69, 9.17) is 4.74 Å². The SMILES string of the molecule is CCCNC(c1cnnn1C)C1COc2ccccc2C1. The Morgan fingerprint density at radius 2 is 2.29 bits per heavy atom. The summed E-state index contributed by atoms with van der Waals surface area (Å²) in [6.45, 7) is 3.88. The van der Waals surface area contributed by atoms with Gasteiger partial charge < -0.3 is 10.1 Å². The molecule has 3 rings (SSSR count). The van der Waals surface area contributed by atoms with Crippen molar-refractivity contribution in [1.29, 1.82) is 0 Å². The monoisotopic (exact) mass is 286 g/mol. The van der Waals surface area contributed by atoms with E-state index in [0.29, 0.717) is 5.92 Å². The van der Waals surface area contributed by atoms with Crippen LogP contribution in [0.3, 0.4) is 0 Å². The molecule has 0 spiro atoms. The van der Waals surface area contributed by atoms with Crippen LogP contribution >= 0.6 is 0 Å². The van der Waals surface area contributed by atoms with Crippen molar-refractivity contribution in [2.45, 2.75) is 25.8 Å². The lowest BCUT2D eigenvalue weighted by atomic mass is 9.88. The van der Waals surface area contributed by atoms with Gasteiger partial charge >= 0.3 is 0 Å². The normalized spacial score (nSPS) is 18.9. The second-order valence-corrected chi connectivity index (χ2v) is 5.60. The van der Waals surface area contributed by atoms with Gasteiger partial charge in [0.15, 0.2) is 0 Å². The molecule has 0 radical (unpaired) electrons. The van der Waals surface area contributed by atoms with Crippen LogP contribution < -0.4 is 10.1 Å². The molecule has 2 unspecified atom stereocenters. The van der Waals surface area contributed by atoms with Gasteiger partial charge in [-0.2, -0.15) is 0 Å². The number of aryl methyl sites for hydroxylation is 1. The van der Waals surface area contributed by atoms with Crippen LogP contribution in [0.15, 0.2) is 30.5 Å². The summed E-state index contributed by atoms with van der Waals surface area (Å²) in [4.78, 5) is 0. The van der Waals surface area contributed by atoms with Gasteiger partial charge in [-0.15, -0.1) is 5.10 Å². The fourth-order valence-electron chi connectivity index (χ4n) is 2.96. The lowest BCUT2D eigenvalue weighted by molar-refractivity contribution is 0.181. The van der Waals surface area contributed by atoms with Crippen molar-refractivity contribution in [1.82, 2.24) is 20.3 Å². The first-order valence-electron chi connectivity index (χ1n) is 7.58. The molecule has 1 aliphatic heterocycles. The third kappa shape index (κ3) is 2.93. The lowest BCUT2D eigenvalue weighted by Gasteiger charge is -2.32. The zero-order valence-electron chi connectivity index (χ0n) is 12.6. The van der Waals surface area contributed by atoms with E-state index in [2.05, 4.69) is 34.7 Å². The van der Waals surface area contributed by atoms with Crippen molar-refractivity contribution in [3.8, 4) is 5.75 Å². The molecule has 1 aromatic heterocycles. The number of ether oxygens (including phenoxy) is 1. The van der Waals surface area contributed by atoms with E-state index < -0.39 is 0 Å². The number of rotatable bonds is 5. The number of hydrogen-bond acceptors (Lipinski definition) is 4. The molecule has 0 bridgehead atoms. The summed E-state index contributed by atoms with van der Waals surface area (Å²) in [7, 11) is 1.95. The van der Waals surface area contributed by atoms with Crippen molar-refractivity contribution < 1.29 is 4.74 Å². The van der Waals surface area contributed by atoms with E-state index in [9.17, 15) is 0 Å². The van der Waals surface area contributed by atoms with E-state index in [1.807, 2.05) is 30.1 Å². The number of fused-ring (bicyclic) bond motifs is 1. The molecular weight excluding hydrogens is 264 g/mol. The first kappa shape index (κ1) is 14.1.